The van der Waals surface area contributed by atoms with E-state index in [0.29, 0.717) is 26.2 Å². The predicted octanol–water partition coefficient (Wildman–Crippen LogP) is 1.32. The molecule has 0 radical (unpaired) electrons. The van der Waals surface area contributed by atoms with E-state index < -0.39 is 11.5 Å². The van der Waals surface area contributed by atoms with Gasteiger partial charge in [-0.3, -0.25) is 4.79 Å². The molecular weight excluding hydrogens is 276 g/mol. The maximum Gasteiger partial charge on any atom is 0.318 e. The van der Waals surface area contributed by atoms with Crippen LogP contribution in [0.4, 0.5) is 4.79 Å². The molecule has 0 aliphatic rings. The number of aliphatic carboxylic acids is 1. The molecule has 0 fully saturated rings. The summed E-state index contributed by atoms with van der Waals surface area (Å²) in [5.74, 6) is -0.874. The van der Waals surface area contributed by atoms with Gasteiger partial charge in [0, 0.05) is 32.7 Å². The van der Waals surface area contributed by atoms with E-state index in [1.807, 2.05) is 20.8 Å². The van der Waals surface area contributed by atoms with Gasteiger partial charge in [-0.05, 0) is 27.2 Å². The maximum absolute atomic E-state index is 12.4. The molecule has 21 heavy (non-hydrogen) atoms. The van der Waals surface area contributed by atoms with Crippen molar-refractivity contribution in [3.63, 3.8) is 0 Å². The number of nitrogens with zero attached hydrogens (tertiary/aromatic N) is 1. The SMILES string of the molecule is COCCN(C(=O)NC(C)(C)CCC(=O)O)C(C)COC. The number of carbonyl (C=O) groups is 2. The summed E-state index contributed by atoms with van der Waals surface area (Å²) in [4.78, 5) is 24.7. The zero-order valence-corrected chi connectivity index (χ0v) is 13.6. The second-order valence-electron chi connectivity index (χ2n) is 5.70. The minimum absolute atomic E-state index is 0.0129. The van der Waals surface area contributed by atoms with E-state index in [-0.39, 0.29) is 18.5 Å². The van der Waals surface area contributed by atoms with Crippen LogP contribution in [0.5, 0.6) is 0 Å². The minimum atomic E-state index is -0.874. The van der Waals surface area contributed by atoms with E-state index in [1.54, 1.807) is 19.1 Å². The fourth-order valence-electron chi connectivity index (χ4n) is 1.89. The molecule has 0 aromatic rings. The Morgan fingerprint density at radius 2 is 1.90 bits per heavy atom. The fourth-order valence-corrected chi connectivity index (χ4v) is 1.89. The third-order valence-corrected chi connectivity index (χ3v) is 3.15. The number of amides is 2. The van der Waals surface area contributed by atoms with E-state index in [4.69, 9.17) is 14.6 Å². The number of carboxylic acids is 1. The lowest BCUT2D eigenvalue weighted by atomic mass is 9.98. The lowest BCUT2D eigenvalue weighted by Crippen LogP contribution is -2.54. The average molecular weight is 304 g/mol. The average Bonchev–Trinajstić information content (AvgIpc) is 2.37. The smallest absolute Gasteiger partial charge is 0.318 e. The molecule has 0 aromatic heterocycles. The maximum atomic E-state index is 12.4. The molecule has 0 saturated heterocycles. The molecule has 0 aliphatic heterocycles. The van der Waals surface area contributed by atoms with Crippen LogP contribution >= 0.6 is 0 Å². The number of methoxy groups -OCH3 is 2. The number of carboxylic acid groups (broad SMARTS) is 1. The summed E-state index contributed by atoms with van der Waals surface area (Å²) in [5, 5.41) is 11.6. The molecule has 0 bridgehead atoms. The summed E-state index contributed by atoms with van der Waals surface area (Å²) in [5.41, 5.74) is -0.590. The molecular formula is C14H28N2O5. The van der Waals surface area contributed by atoms with Crippen LogP contribution in [0, 0.1) is 0 Å². The van der Waals surface area contributed by atoms with Crippen molar-refractivity contribution >= 4 is 12.0 Å². The van der Waals surface area contributed by atoms with E-state index in [2.05, 4.69) is 5.32 Å². The zero-order chi connectivity index (χ0) is 16.5. The molecule has 0 aromatic carbocycles. The summed E-state index contributed by atoms with van der Waals surface area (Å²) in [6.45, 7) is 6.81. The topological polar surface area (TPSA) is 88.1 Å². The Morgan fingerprint density at radius 3 is 2.38 bits per heavy atom. The van der Waals surface area contributed by atoms with Crippen LogP contribution < -0.4 is 5.32 Å². The number of urea groups is 1. The molecule has 1 atom stereocenters. The van der Waals surface area contributed by atoms with Crippen molar-refractivity contribution in [1.82, 2.24) is 10.2 Å². The molecule has 1 unspecified atom stereocenters. The highest BCUT2D eigenvalue weighted by Crippen LogP contribution is 2.13. The van der Waals surface area contributed by atoms with E-state index in [9.17, 15) is 9.59 Å². The zero-order valence-electron chi connectivity index (χ0n) is 13.6. The van der Waals surface area contributed by atoms with Crippen LogP contribution in [-0.4, -0.2) is 67.6 Å². The van der Waals surface area contributed by atoms with Crippen LogP contribution in [0.2, 0.25) is 0 Å². The summed E-state index contributed by atoms with van der Waals surface area (Å²) in [6.07, 6.45) is 0.379. The van der Waals surface area contributed by atoms with Crippen LogP contribution in [0.25, 0.3) is 0 Å². The van der Waals surface area contributed by atoms with E-state index in [0.717, 1.165) is 0 Å². The van der Waals surface area contributed by atoms with Crippen molar-refractivity contribution < 1.29 is 24.2 Å². The highest BCUT2D eigenvalue weighted by Gasteiger charge is 2.26. The number of hydrogen-bond acceptors (Lipinski definition) is 4. The molecule has 0 heterocycles. The number of hydrogen-bond donors (Lipinski definition) is 2. The molecule has 124 valence electrons. The van der Waals surface area contributed by atoms with Gasteiger partial charge in [0.1, 0.15) is 0 Å². The predicted molar refractivity (Wildman–Crippen MR) is 79.4 cm³/mol. The Kier molecular flexibility index (Phi) is 8.96. The second-order valence-corrected chi connectivity index (χ2v) is 5.70. The third kappa shape index (κ3) is 8.52. The fraction of sp³-hybridized carbons (Fsp3) is 0.857. The summed E-state index contributed by atoms with van der Waals surface area (Å²) in [7, 11) is 3.16. The summed E-state index contributed by atoms with van der Waals surface area (Å²) < 4.78 is 10.1. The Bertz CT molecular complexity index is 333. The van der Waals surface area contributed by atoms with Gasteiger partial charge < -0.3 is 24.8 Å². The van der Waals surface area contributed by atoms with Gasteiger partial charge >= 0.3 is 12.0 Å². The first-order chi connectivity index (χ1) is 9.73. The largest absolute Gasteiger partial charge is 0.481 e. The van der Waals surface area contributed by atoms with Crippen LogP contribution in [-0.2, 0) is 14.3 Å². The Hall–Kier alpha value is -1.34. The van der Waals surface area contributed by atoms with Crippen LogP contribution in [0.3, 0.4) is 0 Å². The first-order valence-electron chi connectivity index (χ1n) is 7.02. The van der Waals surface area contributed by atoms with Gasteiger partial charge in [-0.2, -0.15) is 0 Å². The van der Waals surface area contributed by atoms with Gasteiger partial charge in [-0.25, -0.2) is 4.79 Å². The van der Waals surface area contributed by atoms with Gasteiger partial charge in [0.2, 0.25) is 0 Å². The molecule has 0 saturated carbocycles. The molecule has 2 N–H and O–H groups in total. The minimum Gasteiger partial charge on any atom is -0.481 e. The molecule has 0 aliphatic carbocycles. The first-order valence-corrected chi connectivity index (χ1v) is 7.02. The van der Waals surface area contributed by atoms with E-state index >= 15 is 0 Å². The molecule has 0 rings (SSSR count). The van der Waals surface area contributed by atoms with Gasteiger partial charge in [0.25, 0.3) is 0 Å². The van der Waals surface area contributed by atoms with Gasteiger partial charge in [0.15, 0.2) is 0 Å². The standard InChI is InChI=1S/C14H28N2O5/c1-11(10-21-5)16(8-9-20-4)13(19)15-14(2,3)7-6-12(17)18/h11H,6-10H2,1-5H3,(H,15,19)(H,17,18). The lowest BCUT2D eigenvalue weighted by Gasteiger charge is -2.33. The third-order valence-electron chi connectivity index (χ3n) is 3.15. The van der Waals surface area contributed by atoms with Gasteiger partial charge in [0.05, 0.1) is 19.3 Å². The van der Waals surface area contributed by atoms with Gasteiger partial charge in [-0.1, -0.05) is 0 Å². The Balaban J connectivity index is 4.66. The molecule has 0 spiro atoms. The van der Waals surface area contributed by atoms with Crippen molar-refractivity contribution in [3.8, 4) is 0 Å². The molecule has 2 amide bonds. The highest BCUT2D eigenvalue weighted by atomic mass is 16.5. The first kappa shape index (κ1) is 19.7. The summed E-state index contributed by atoms with van der Waals surface area (Å²) in [6, 6.07) is -0.340. The van der Waals surface area contributed by atoms with E-state index in [1.165, 1.54) is 0 Å². The highest BCUT2D eigenvalue weighted by molar-refractivity contribution is 5.75. The number of nitrogens with one attached hydrogen (secondary N) is 1. The van der Waals surface area contributed by atoms with Crippen LogP contribution in [0.15, 0.2) is 0 Å². The van der Waals surface area contributed by atoms with Gasteiger partial charge in [-0.15, -0.1) is 0 Å². The van der Waals surface area contributed by atoms with Crippen molar-refractivity contribution in [2.24, 2.45) is 0 Å². The molecule has 7 heteroatoms. The number of ether oxygens (including phenoxy) is 2. The van der Waals surface area contributed by atoms with Crippen molar-refractivity contribution in [3.05, 3.63) is 0 Å². The lowest BCUT2D eigenvalue weighted by molar-refractivity contribution is -0.137. The van der Waals surface area contributed by atoms with Crippen molar-refractivity contribution in [2.45, 2.75) is 45.2 Å². The second kappa shape index (κ2) is 9.57. The van der Waals surface area contributed by atoms with Crippen LogP contribution in [0.1, 0.15) is 33.6 Å². The summed E-state index contributed by atoms with van der Waals surface area (Å²) >= 11 is 0. The quantitative estimate of drug-likeness (QED) is 0.635. The van der Waals surface area contributed by atoms with Crippen molar-refractivity contribution in [1.29, 1.82) is 0 Å². The molecule has 7 nitrogen and oxygen atoms in total. The number of carbonyl (C=O) groups excluding carboxylic acids is 1. The Labute approximate surface area is 126 Å². The van der Waals surface area contributed by atoms with Crippen molar-refractivity contribution in [2.75, 3.05) is 34.0 Å². The monoisotopic (exact) mass is 304 g/mol. The normalized spacial score (nSPS) is 12.8. The number of rotatable bonds is 10. The Morgan fingerprint density at radius 1 is 1.29 bits per heavy atom.